The highest BCUT2D eigenvalue weighted by Gasteiger charge is 2.40. The maximum Gasteiger partial charge on any atom is 0.313 e. The summed E-state index contributed by atoms with van der Waals surface area (Å²) in [6, 6.07) is -0.213. The Labute approximate surface area is 142 Å². The molecule has 132 valence electrons. The van der Waals surface area contributed by atoms with Gasteiger partial charge in [0.05, 0.1) is 12.0 Å². The van der Waals surface area contributed by atoms with Crippen LogP contribution in [0.3, 0.4) is 0 Å². The van der Waals surface area contributed by atoms with E-state index in [-0.39, 0.29) is 36.6 Å². The minimum atomic E-state index is -1.10. The highest BCUT2D eigenvalue weighted by molar-refractivity contribution is 5.78. The summed E-state index contributed by atoms with van der Waals surface area (Å²) in [5.41, 5.74) is 9.26. The van der Waals surface area contributed by atoms with Crippen LogP contribution in [0.2, 0.25) is 0 Å². The number of ether oxygens (including phenoxy) is 1. The molecule has 0 spiro atoms. The van der Waals surface area contributed by atoms with Gasteiger partial charge in [-0.3, -0.25) is 4.79 Å². The van der Waals surface area contributed by atoms with Crippen molar-refractivity contribution in [3.05, 3.63) is 34.4 Å². The summed E-state index contributed by atoms with van der Waals surface area (Å²) < 4.78 is 20.2. The van der Waals surface area contributed by atoms with Crippen LogP contribution in [0.1, 0.15) is 46.0 Å². The molecule has 0 bridgehead atoms. The second-order valence-corrected chi connectivity index (χ2v) is 7.27. The van der Waals surface area contributed by atoms with Gasteiger partial charge in [-0.2, -0.15) is 0 Å². The molecule has 4 unspecified atom stereocenters. The Hall–Kier alpha value is -1.46. The molecule has 0 aromatic carbocycles. The first-order valence-electron chi connectivity index (χ1n) is 8.75. The molecule has 3 rings (SSSR count). The molecule has 1 saturated heterocycles. The number of carbonyl (C=O) groups is 1. The Bertz CT molecular complexity index is 620. The van der Waals surface area contributed by atoms with E-state index in [1.54, 1.807) is 0 Å². The third kappa shape index (κ3) is 3.33. The quantitative estimate of drug-likeness (QED) is 0.778. The first-order chi connectivity index (χ1) is 11.4. The number of esters is 1. The Morgan fingerprint density at radius 2 is 2.21 bits per heavy atom. The molecule has 1 aliphatic heterocycles. The van der Waals surface area contributed by atoms with Crippen LogP contribution >= 0.6 is 0 Å². The van der Waals surface area contributed by atoms with E-state index in [0.717, 1.165) is 22.3 Å². The fourth-order valence-electron chi connectivity index (χ4n) is 3.97. The van der Waals surface area contributed by atoms with Crippen LogP contribution in [0, 0.1) is 5.92 Å². The van der Waals surface area contributed by atoms with Crippen molar-refractivity contribution in [1.82, 2.24) is 0 Å². The number of aliphatic hydroxyl groups is 1. The molecule has 24 heavy (non-hydrogen) atoms. The molecule has 5 heteroatoms. The summed E-state index contributed by atoms with van der Waals surface area (Å²) in [5.74, 6) is -0.662. The maximum atomic E-state index is 14.9. The number of rotatable bonds is 3. The van der Waals surface area contributed by atoms with E-state index in [1.807, 2.05) is 26.0 Å². The number of nitrogens with two attached hydrogens (primary N) is 1. The van der Waals surface area contributed by atoms with Gasteiger partial charge in [-0.15, -0.1) is 0 Å². The van der Waals surface area contributed by atoms with E-state index < -0.39 is 6.17 Å². The van der Waals surface area contributed by atoms with E-state index in [9.17, 15) is 14.3 Å². The van der Waals surface area contributed by atoms with Crippen molar-refractivity contribution in [1.29, 1.82) is 0 Å². The summed E-state index contributed by atoms with van der Waals surface area (Å²) in [4.78, 5) is 12.1. The van der Waals surface area contributed by atoms with Gasteiger partial charge in [-0.25, -0.2) is 4.39 Å². The van der Waals surface area contributed by atoms with Gasteiger partial charge in [-0.1, -0.05) is 17.7 Å². The number of carbonyl (C=O) groups excluding carboxylic acids is 1. The van der Waals surface area contributed by atoms with E-state index in [0.29, 0.717) is 25.7 Å². The van der Waals surface area contributed by atoms with Crippen LogP contribution in [0.15, 0.2) is 34.4 Å². The van der Waals surface area contributed by atoms with Crippen molar-refractivity contribution in [3.8, 4) is 0 Å². The molecule has 1 heterocycles. The Morgan fingerprint density at radius 1 is 1.46 bits per heavy atom. The SMILES string of the molecule is CC1=C(C2=CCC(O)CC2)C(F)CC([C@@H]2CC(C(C)N)OC2=O)=C1. The zero-order valence-corrected chi connectivity index (χ0v) is 14.3. The maximum absolute atomic E-state index is 14.9. The molecular formula is C19H26FNO3. The average molecular weight is 335 g/mol. The lowest BCUT2D eigenvalue weighted by molar-refractivity contribution is -0.144. The zero-order valence-electron chi connectivity index (χ0n) is 14.3. The fraction of sp³-hybridized carbons (Fsp3) is 0.632. The molecule has 4 nitrogen and oxygen atoms in total. The number of alkyl halides is 1. The molecule has 3 aliphatic rings. The van der Waals surface area contributed by atoms with Crippen LogP contribution in [0.5, 0.6) is 0 Å². The summed E-state index contributed by atoms with van der Waals surface area (Å²) in [6.07, 6.45) is 4.94. The van der Waals surface area contributed by atoms with Gasteiger partial charge in [0.25, 0.3) is 0 Å². The normalized spacial score (nSPS) is 35.5. The third-order valence-electron chi connectivity index (χ3n) is 5.34. The van der Waals surface area contributed by atoms with Gasteiger partial charge in [0.15, 0.2) is 0 Å². The second-order valence-electron chi connectivity index (χ2n) is 7.27. The Kier molecular flexibility index (Phi) is 4.92. The number of aliphatic hydroxyl groups excluding tert-OH is 1. The van der Waals surface area contributed by atoms with Gasteiger partial charge in [0.2, 0.25) is 0 Å². The van der Waals surface area contributed by atoms with E-state index in [1.165, 1.54) is 0 Å². The number of allylic oxidation sites excluding steroid dienone is 4. The highest BCUT2D eigenvalue weighted by atomic mass is 19.1. The van der Waals surface area contributed by atoms with Crippen molar-refractivity contribution in [2.75, 3.05) is 0 Å². The van der Waals surface area contributed by atoms with Gasteiger partial charge in [-0.05, 0) is 49.8 Å². The largest absolute Gasteiger partial charge is 0.460 e. The van der Waals surface area contributed by atoms with Crippen molar-refractivity contribution in [2.24, 2.45) is 11.7 Å². The van der Waals surface area contributed by atoms with Gasteiger partial charge in [0, 0.05) is 18.9 Å². The molecular weight excluding hydrogens is 309 g/mol. The predicted molar refractivity (Wildman–Crippen MR) is 89.9 cm³/mol. The van der Waals surface area contributed by atoms with Crippen LogP contribution in [-0.4, -0.2) is 35.5 Å². The standard InChI is InChI=1S/C19H26FNO3/c1-10-7-13(15-9-17(11(2)21)24-19(15)23)8-16(20)18(10)12-3-5-14(22)6-4-12/h3,7,11,14-17,22H,4-6,8-9,21H2,1-2H3/t11?,14?,15-,16?,17?/m0/s1. The highest BCUT2D eigenvalue weighted by Crippen LogP contribution is 2.40. The van der Waals surface area contributed by atoms with Gasteiger partial charge in [0.1, 0.15) is 12.3 Å². The summed E-state index contributed by atoms with van der Waals surface area (Å²) >= 11 is 0. The van der Waals surface area contributed by atoms with Crippen molar-refractivity contribution in [2.45, 2.75) is 70.4 Å². The lowest BCUT2D eigenvalue weighted by atomic mass is 9.79. The van der Waals surface area contributed by atoms with Crippen LogP contribution < -0.4 is 5.73 Å². The topological polar surface area (TPSA) is 72.6 Å². The molecule has 5 atom stereocenters. The molecule has 0 aromatic heterocycles. The van der Waals surface area contributed by atoms with Gasteiger partial charge >= 0.3 is 5.97 Å². The molecule has 0 aromatic rings. The van der Waals surface area contributed by atoms with E-state index in [4.69, 9.17) is 10.5 Å². The molecule has 3 N–H and O–H groups in total. The van der Waals surface area contributed by atoms with Crippen LogP contribution in [0.4, 0.5) is 4.39 Å². The number of cyclic esters (lactones) is 1. The summed E-state index contributed by atoms with van der Waals surface area (Å²) in [7, 11) is 0. The molecule has 0 saturated carbocycles. The molecule has 0 amide bonds. The van der Waals surface area contributed by atoms with E-state index in [2.05, 4.69) is 0 Å². The molecule has 0 radical (unpaired) electrons. The number of hydrogen-bond donors (Lipinski definition) is 2. The summed E-state index contributed by atoms with van der Waals surface area (Å²) in [6.45, 7) is 3.72. The fourth-order valence-corrected chi connectivity index (χ4v) is 3.97. The van der Waals surface area contributed by atoms with Crippen LogP contribution in [0.25, 0.3) is 0 Å². The van der Waals surface area contributed by atoms with Crippen molar-refractivity contribution in [3.63, 3.8) is 0 Å². The first-order valence-corrected chi connectivity index (χ1v) is 8.75. The van der Waals surface area contributed by atoms with Gasteiger partial charge < -0.3 is 15.6 Å². The minimum Gasteiger partial charge on any atom is -0.460 e. The molecule has 2 aliphatic carbocycles. The van der Waals surface area contributed by atoms with Crippen LogP contribution in [-0.2, 0) is 9.53 Å². The summed E-state index contributed by atoms with van der Waals surface area (Å²) in [5, 5.41) is 9.61. The Morgan fingerprint density at radius 3 is 2.75 bits per heavy atom. The lowest BCUT2D eigenvalue weighted by Gasteiger charge is -2.28. The zero-order chi connectivity index (χ0) is 17.4. The average Bonchev–Trinajstić information content (AvgIpc) is 2.90. The number of hydrogen-bond acceptors (Lipinski definition) is 4. The lowest BCUT2D eigenvalue weighted by Crippen LogP contribution is -2.31. The predicted octanol–water partition coefficient (Wildman–Crippen LogP) is 2.72. The smallest absolute Gasteiger partial charge is 0.313 e. The Balaban J connectivity index is 1.83. The monoisotopic (exact) mass is 335 g/mol. The first kappa shape index (κ1) is 17.4. The van der Waals surface area contributed by atoms with Crippen molar-refractivity contribution < 1.29 is 19.0 Å². The van der Waals surface area contributed by atoms with Crippen molar-refractivity contribution >= 4 is 5.97 Å². The molecule has 1 fully saturated rings. The van der Waals surface area contributed by atoms with E-state index >= 15 is 0 Å². The minimum absolute atomic E-state index is 0.213. The number of halogens is 1. The second kappa shape index (κ2) is 6.81. The third-order valence-corrected chi connectivity index (χ3v) is 5.34.